The zero-order valence-electron chi connectivity index (χ0n) is 6.39. The van der Waals surface area contributed by atoms with Gasteiger partial charge in [0.2, 0.25) is 0 Å². The molecule has 0 saturated carbocycles. The van der Waals surface area contributed by atoms with Crippen LogP contribution in [0, 0.1) is 0 Å². The molecule has 0 spiro atoms. The van der Waals surface area contributed by atoms with Crippen molar-refractivity contribution in [3.63, 3.8) is 0 Å². The van der Waals surface area contributed by atoms with Crippen LogP contribution in [0.1, 0.15) is 20.3 Å². The van der Waals surface area contributed by atoms with Crippen molar-refractivity contribution in [2.45, 2.75) is 25.5 Å². The van der Waals surface area contributed by atoms with Crippen LogP contribution in [0.3, 0.4) is 0 Å². The van der Waals surface area contributed by atoms with E-state index in [9.17, 15) is 4.79 Å². The minimum absolute atomic E-state index is 0.185. The Labute approximate surface area is 65.9 Å². The number of rotatable bonds is 1. The summed E-state index contributed by atoms with van der Waals surface area (Å²) >= 11 is 1.93. The molecule has 0 aliphatic carbocycles. The Morgan fingerprint density at radius 1 is 1.80 bits per heavy atom. The van der Waals surface area contributed by atoms with E-state index >= 15 is 0 Å². The van der Waals surface area contributed by atoms with Gasteiger partial charge in [-0.2, -0.15) is 11.8 Å². The Bertz CT molecular complexity index is 172. The first-order chi connectivity index (χ1) is 4.70. The van der Waals surface area contributed by atoms with Crippen molar-refractivity contribution < 1.29 is 4.79 Å². The highest BCUT2D eigenvalue weighted by molar-refractivity contribution is 8.00. The molecule has 0 amide bonds. The number of ketones is 1. The molecular formula is C8H12OS. The predicted molar refractivity (Wildman–Crippen MR) is 45.3 cm³/mol. The fraction of sp³-hybridized carbons (Fsp3) is 0.625. The van der Waals surface area contributed by atoms with Gasteiger partial charge in [0, 0.05) is 5.25 Å². The molecule has 10 heavy (non-hydrogen) atoms. The molecule has 1 unspecified atom stereocenters. The molecule has 1 fully saturated rings. The van der Waals surface area contributed by atoms with Crippen molar-refractivity contribution in [1.29, 1.82) is 0 Å². The summed E-state index contributed by atoms with van der Waals surface area (Å²) in [5, 5.41) is 0.573. The second-order valence-electron chi connectivity index (χ2n) is 2.59. The SMILES string of the molecule is CC(=O)/C=C1/CCSC1C. The second kappa shape index (κ2) is 3.24. The molecule has 1 nitrogen and oxygen atoms in total. The monoisotopic (exact) mass is 156 g/mol. The number of carbonyl (C=O) groups excluding carboxylic acids is 1. The Morgan fingerprint density at radius 2 is 2.50 bits per heavy atom. The van der Waals surface area contributed by atoms with E-state index in [1.165, 1.54) is 11.3 Å². The lowest BCUT2D eigenvalue weighted by Gasteiger charge is -2.00. The number of hydrogen-bond acceptors (Lipinski definition) is 2. The summed E-state index contributed by atoms with van der Waals surface area (Å²) in [6.45, 7) is 3.77. The van der Waals surface area contributed by atoms with Crippen LogP contribution in [0.5, 0.6) is 0 Å². The van der Waals surface area contributed by atoms with E-state index in [0.717, 1.165) is 6.42 Å². The lowest BCUT2D eigenvalue weighted by atomic mass is 10.1. The second-order valence-corrected chi connectivity index (χ2v) is 4.04. The smallest absolute Gasteiger partial charge is 0.152 e. The fourth-order valence-corrected chi connectivity index (χ4v) is 2.22. The largest absolute Gasteiger partial charge is 0.295 e. The molecule has 1 aliphatic heterocycles. The van der Waals surface area contributed by atoms with E-state index in [1.54, 1.807) is 13.0 Å². The quantitative estimate of drug-likeness (QED) is 0.540. The highest BCUT2D eigenvalue weighted by Gasteiger charge is 2.16. The van der Waals surface area contributed by atoms with Gasteiger partial charge >= 0.3 is 0 Å². The maximum atomic E-state index is 10.7. The Hall–Kier alpha value is -0.240. The molecule has 0 aromatic rings. The summed E-state index contributed by atoms with van der Waals surface area (Å²) in [6.07, 6.45) is 2.88. The van der Waals surface area contributed by atoms with E-state index < -0.39 is 0 Å². The van der Waals surface area contributed by atoms with Crippen LogP contribution in [0.25, 0.3) is 0 Å². The molecule has 0 N–H and O–H groups in total. The predicted octanol–water partition coefficient (Wildman–Crippen LogP) is 2.03. The van der Waals surface area contributed by atoms with Crippen LogP contribution in [-0.4, -0.2) is 16.8 Å². The molecule has 1 rings (SSSR count). The van der Waals surface area contributed by atoms with Crippen molar-refractivity contribution >= 4 is 17.5 Å². The molecule has 0 aromatic carbocycles. The highest BCUT2D eigenvalue weighted by Crippen LogP contribution is 2.30. The van der Waals surface area contributed by atoms with E-state index in [1.807, 2.05) is 11.8 Å². The van der Waals surface area contributed by atoms with Crippen LogP contribution in [0.4, 0.5) is 0 Å². The van der Waals surface area contributed by atoms with Gasteiger partial charge in [0.15, 0.2) is 5.78 Å². The molecule has 0 aromatic heterocycles. The molecule has 1 heterocycles. The molecule has 2 heteroatoms. The van der Waals surface area contributed by atoms with Gasteiger partial charge in [0.1, 0.15) is 0 Å². The minimum atomic E-state index is 0.185. The molecule has 56 valence electrons. The van der Waals surface area contributed by atoms with Crippen LogP contribution >= 0.6 is 11.8 Å². The van der Waals surface area contributed by atoms with Crippen molar-refractivity contribution in [2.75, 3.05) is 5.75 Å². The summed E-state index contributed by atoms with van der Waals surface area (Å²) in [5.74, 6) is 1.37. The standard InChI is InChI=1S/C8H12OS/c1-6(9)5-8-3-4-10-7(8)2/h5,7H,3-4H2,1-2H3/b8-5-. The molecule has 0 radical (unpaired) electrons. The zero-order valence-corrected chi connectivity index (χ0v) is 7.20. The average Bonchev–Trinajstić information content (AvgIpc) is 2.15. The molecular weight excluding hydrogens is 144 g/mol. The van der Waals surface area contributed by atoms with E-state index in [2.05, 4.69) is 6.92 Å². The fourth-order valence-electron chi connectivity index (χ4n) is 1.11. The summed E-state index contributed by atoms with van der Waals surface area (Å²) in [6, 6.07) is 0. The Morgan fingerprint density at radius 3 is 2.90 bits per heavy atom. The van der Waals surface area contributed by atoms with Gasteiger partial charge in [-0.1, -0.05) is 5.57 Å². The van der Waals surface area contributed by atoms with Crippen molar-refractivity contribution in [1.82, 2.24) is 0 Å². The first kappa shape index (κ1) is 7.86. The Kier molecular flexibility index (Phi) is 2.55. The van der Waals surface area contributed by atoms with Gasteiger partial charge in [-0.25, -0.2) is 0 Å². The van der Waals surface area contributed by atoms with Crippen LogP contribution in [-0.2, 0) is 4.79 Å². The first-order valence-electron chi connectivity index (χ1n) is 3.53. The number of thioether (sulfide) groups is 1. The lowest BCUT2D eigenvalue weighted by molar-refractivity contribution is -0.112. The highest BCUT2D eigenvalue weighted by atomic mass is 32.2. The normalized spacial score (nSPS) is 29.4. The van der Waals surface area contributed by atoms with Crippen LogP contribution in [0.15, 0.2) is 11.6 Å². The third-order valence-electron chi connectivity index (χ3n) is 1.67. The van der Waals surface area contributed by atoms with E-state index in [4.69, 9.17) is 0 Å². The van der Waals surface area contributed by atoms with Gasteiger partial charge in [0.25, 0.3) is 0 Å². The summed E-state index contributed by atoms with van der Waals surface area (Å²) in [4.78, 5) is 10.7. The number of carbonyl (C=O) groups is 1. The number of hydrogen-bond donors (Lipinski definition) is 0. The third kappa shape index (κ3) is 1.87. The first-order valence-corrected chi connectivity index (χ1v) is 4.57. The van der Waals surface area contributed by atoms with Crippen LogP contribution < -0.4 is 0 Å². The molecule has 1 aliphatic rings. The summed E-state index contributed by atoms with van der Waals surface area (Å²) in [7, 11) is 0. The zero-order chi connectivity index (χ0) is 7.56. The van der Waals surface area contributed by atoms with E-state index in [0.29, 0.717) is 5.25 Å². The molecule has 1 atom stereocenters. The Balaban J connectivity index is 2.62. The van der Waals surface area contributed by atoms with Crippen molar-refractivity contribution in [3.8, 4) is 0 Å². The van der Waals surface area contributed by atoms with Gasteiger partial charge < -0.3 is 0 Å². The minimum Gasteiger partial charge on any atom is -0.295 e. The van der Waals surface area contributed by atoms with Crippen molar-refractivity contribution in [3.05, 3.63) is 11.6 Å². The molecule has 1 saturated heterocycles. The summed E-state index contributed by atoms with van der Waals surface area (Å²) < 4.78 is 0. The summed E-state index contributed by atoms with van der Waals surface area (Å²) in [5.41, 5.74) is 1.32. The lowest BCUT2D eigenvalue weighted by Crippen LogP contribution is -1.95. The van der Waals surface area contributed by atoms with Gasteiger partial charge in [-0.15, -0.1) is 0 Å². The van der Waals surface area contributed by atoms with Gasteiger partial charge in [-0.05, 0) is 32.1 Å². The average molecular weight is 156 g/mol. The topological polar surface area (TPSA) is 17.1 Å². The maximum absolute atomic E-state index is 10.7. The number of allylic oxidation sites excluding steroid dienone is 1. The van der Waals surface area contributed by atoms with Crippen molar-refractivity contribution in [2.24, 2.45) is 0 Å². The van der Waals surface area contributed by atoms with Gasteiger partial charge in [0.05, 0.1) is 0 Å². The van der Waals surface area contributed by atoms with E-state index in [-0.39, 0.29) is 5.78 Å². The molecule has 0 bridgehead atoms. The third-order valence-corrected chi connectivity index (χ3v) is 2.91. The van der Waals surface area contributed by atoms with Gasteiger partial charge in [-0.3, -0.25) is 4.79 Å². The van der Waals surface area contributed by atoms with Crippen LogP contribution in [0.2, 0.25) is 0 Å². The maximum Gasteiger partial charge on any atom is 0.152 e.